The summed E-state index contributed by atoms with van der Waals surface area (Å²) in [6, 6.07) is 0. The number of nitrogens with zero attached hydrogens (tertiary/aromatic N) is 2. The molecule has 0 unspecified atom stereocenters. The molecule has 19 heavy (non-hydrogen) atoms. The lowest BCUT2D eigenvalue weighted by atomic mass is 9.99. The molecular weight excluding hydrogens is 264 g/mol. The topological polar surface area (TPSA) is 49.9 Å². The fraction of sp³-hybridized carbons (Fsp3) is 1.00. The van der Waals surface area contributed by atoms with Gasteiger partial charge in [-0.25, -0.2) is 12.7 Å². The van der Waals surface area contributed by atoms with Gasteiger partial charge in [-0.1, -0.05) is 6.92 Å². The third kappa shape index (κ3) is 6.21. The Morgan fingerprint density at radius 1 is 1.47 bits per heavy atom. The van der Waals surface area contributed by atoms with Gasteiger partial charge in [-0.15, -0.1) is 0 Å². The molecule has 0 N–H and O–H groups in total. The second-order valence-electron chi connectivity index (χ2n) is 5.91. The molecule has 5 nitrogen and oxygen atoms in total. The van der Waals surface area contributed by atoms with E-state index in [1.165, 1.54) is 6.26 Å². The molecule has 0 saturated carbocycles. The lowest BCUT2D eigenvalue weighted by Gasteiger charge is -2.33. The molecule has 0 aromatic heterocycles. The van der Waals surface area contributed by atoms with Gasteiger partial charge >= 0.3 is 0 Å². The number of hydrogen-bond acceptors (Lipinski definition) is 4. The van der Waals surface area contributed by atoms with Crippen LogP contribution in [0.1, 0.15) is 19.8 Å². The Morgan fingerprint density at radius 3 is 2.74 bits per heavy atom. The van der Waals surface area contributed by atoms with E-state index in [1.54, 1.807) is 11.4 Å². The highest BCUT2D eigenvalue weighted by molar-refractivity contribution is 7.88. The second kappa shape index (κ2) is 7.57. The molecule has 0 aromatic rings. The molecule has 0 aliphatic carbocycles. The zero-order chi connectivity index (χ0) is 14.5. The van der Waals surface area contributed by atoms with E-state index in [0.29, 0.717) is 24.9 Å². The van der Waals surface area contributed by atoms with Crippen molar-refractivity contribution in [2.45, 2.75) is 19.8 Å². The van der Waals surface area contributed by atoms with Crippen LogP contribution in [0.4, 0.5) is 0 Å². The van der Waals surface area contributed by atoms with E-state index in [4.69, 9.17) is 4.74 Å². The summed E-state index contributed by atoms with van der Waals surface area (Å²) in [6.07, 6.45) is 3.40. The van der Waals surface area contributed by atoms with Crippen LogP contribution in [0.3, 0.4) is 0 Å². The highest BCUT2D eigenvalue weighted by Crippen LogP contribution is 2.19. The van der Waals surface area contributed by atoms with Gasteiger partial charge in [0.1, 0.15) is 0 Å². The molecule has 2 atom stereocenters. The fourth-order valence-corrected chi connectivity index (χ4v) is 3.80. The van der Waals surface area contributed by atoms with Gasteiger partial charge in [0.2, 0.25) is 10.0 Å². The van der Waals surface area contributed by atoms with Gasteiger partial charge in [-0.05, 0) is 31.7 Å². The van der Waals surface area contributed by atoms with Crippen molar-refractivity contribution in [1.29, 1.82) is 0 Å². The SMILES string of the molecule is COC[C@H](C)CN(C)C[C@H]1CCCN(S(C)(=O)=O)C1. The van der Waals surface area contributed by atoms with Gasteiger partial charge in [-0.2, -0.15) is 0 Å². The third-order valence-corrected chi connectivity index (χ3v) is 4.86. The molecule has 0 radical (unpaired) electrons. The summed E-state index contributed by atoms with van der Waals surface area (Å²) in [7, 11) is 0.795. The minimum absolute atomic E-state index is 0.447. The van der Waals surface area contributed by atoms with Crippen LogP contribution in [-0.4, -0.2) is 70.8 Å². The van der Waals surface area contributed by atoms with Crippen LogP contribution in [0.15, 0.2) is 0 Å². The maximum atomic E-state index is 11.6. The quantitative estimate of drug-likeness (QED) is 0.699. The molecule has 1 aliphatic rings. The summed E-state index contributed by atoms with van der Waals surface area (Å²) < 4.78 is 29.9. The van der Waals surface area contributed by atoms with Crippen LogP contribution >= 0.6 is 0 Å². The largest absolute Gasteiger partial charge is 0.384 e. The van der Waals surface area contributed by atoms with Crippen molar-refractivity contribution in [3.8, 4) is 0 Å². The van der Waals surface area contributed by atoms with E-state index in [9.17, 15) is 8.42 Å². The summed E-state index contributed by atoms with van der Waals surface area (Å²) in [5.74, 6) is 0.952. The van der Waals surface area contributed by atoms with E-state index in [-0.39, 0.29) is 0 Å². The molecule has 1 heterocycles. The number of ether oxygens (including phenoxy) is 1. The van der Waals surface area contributed by atoms with E-state index in [2.05, 4.69) is 18.9 Å². The third-order valence-electron chi connectivity index (χ3n) is 3.60. The fourth-order valence-electron chi connectivity index (χ4n) is 2.86. The predicted octanol–water partition coefficient (Wildman–Crippen LogP) is 0.872. The Bertz CT molecular complexity index is 359. The molecule has 0 bridgehead atoms. The maximum absolute atomic E-state index is 11.6. The average molecular weight is 292 g/mol. The van der Waals surface area contributed by atoms with Crippen LogP contribution in [0.5, 0.6) is 0 Å². The number of methoxy groups -OCH3 is 1. The van der Waals surface area contributed by atoms with Crippen molar-refractivity contribution >= 4 is 10.0 Å². The van der Waals surface area contributed by atoms with Crippen LogP contribution in [0, 0.1) is 11.8 Å². The van der Waals surface area contributed by atoms with Gasteiger partial charge in [0.15, 0.2) is 0 Å². The molecule has 0 spiro atoms. The molecule has 6 heteroatoms. The molecule has 0 aromatic carbocycles. The number of hydrogen-bond donors (Lipinski definition) is 0. The highest BCUT2D eigenvalue weighted by Gasteiger charge is 2.26. The van der Waals surface area contributed by atoms with Crippen molar-refractivity contribution in [3.63, 3.8) is 0 Å². The van der Waals surface area contributed by atoms with E-state index < -0.39 is 10.0 Å². The average Bonchev–Trinajstić information content (AvgIpc) is 2.28. The predicted molar refractivity (Wildman–Crippen MR) is 77.7 cm³/mol. The number of sulfonamides is 1. The zero-order valence-electron chi connectivity index (χ0n) is 12.6. The minimum atomic E-state index is -3.03. The van der Waals surface area contributed by atoms with Gasteiger partial charge < -0.3 is 9.64 Å². The summed E-state index contributed by atoms with van der Waals surface area (Å²) in [5, 5.41) is 0. The van der Waals surface area contributed by atoms with E-state index in [1.807, 2.05) is 0 Å². The first kappa shape index (κ1) is 16.9. The first-order chi connectivity index (χ1) is 8.82. The molecule has 1 fully saturated rings. The summed E-state index contributed by atoms with van der Waals surface area (Å²) in [6.45, 7) is 6.23. The summed E-state index contributed by atoms with van der Waals surface area (Å²) in [5.41, 5.74) is 0. The van der Waals surface area contributed by atoms with Gasteiger partial charge in [0, 0.05) is 39.9 Å². The van der Waals surface area contributed by atoms with Crippen molar-refractivity contribution in [2.24, 2.45) is 11.8 Å². The van der Waals surface area contributed by atoms with E-state index >= 15 is 0 Å². The lowest BCUT2D eigenvalue weighted by molar-refractivity contribution is 0.125. The normalized spacial score (nSPS) is 23.7. The van der Waals surface area contributed by atoms with Crippen LogP contribution in [0.2, 0.25) is 0 Å². The summed E-state index contributed by atoms with van der Waals surface area (Å²) >= 11 is 0. The highest BCUT2D eigenvalue weighted by atomic mass is 32.2. The van der Waals surface area contributed by atoms with Crippen molar-refractivity contribution in [3.05, 3.63) is 0 Å². The second-order valence-corrected chi connectivity index (χ2v) is 7.89. The number of rotatable bonds is 7. The monoisotopic (exact) mass is 292 g/mol. The van der Waals surface area contributed by atoms with E-state index in [0.717, 1.165) is 32.5 Å². The molecule has 0 amide bonds. The first-order valence-electron chi connectivity index (χ1n) is 6.95. The summed E-state index contributed by atoms with van der Waals surface area (Å²) in [4.78, 5) is 2.29. The maximum Gasteiger partial charge on any atom is 0.211 e. The smallest absolute Gasteiger partial charge is 0.211 e. The van der Waals surface area contributed by atoms with Crippen LogP contribution in [-0.2, 0) is 14.8 Å². The Balaban J connectivity index is 2.40. The Hall–Kier alpha value is -0.170. The Morgan fingerprint density at radius 2 is 2.16 bits per heavy atom. The molecule has 1 rings (SSSR count). The van der Waals surface area contributed by atoms with Gasteiger partial charge in [0.25, 0.3) is 0 Å². The molecule has 114 valence electrons. The van der Waals surface area contributed by atoms with Crippen LogP contribution in [0.25, 0.3) is 0 Å². The minimum Gasteiger partial charge on any atom is -0.384 e. The van der Waals surface area contributed by atoms with Crippen molar-refractivity contribution < 1.29 is 13.2 Å². The molecule has 1 saturated heterocycles. The number of piperidine rings is 1. The Labute approximate surface area is 118 Å². The lowest BCUT2D eigenvalue weighted by Crippen LogP contribution is -2.43. The standard InChI is InChI=1S/C13H28N2O3S/c1-12(11-18-3)8-14(2)9-13-6-5-7-15(10-13)19(4,16)17/h12-13H,5-11H2,1-4H3/t12-,13-/m1/s1. The molecule has 1 aliphatic heterocycles. The van der Waals surface area contributed by atoms with Crippen molar-refractivity contribution in [1.82, 2.24) is 9.21 Å². The van der Waals surface area contributed by atoms with Gasteiger partial charge in [0.05, 0.1) is 6.26 Å². The van der Waals surface area contributed by atoms with Crippen LogP contribution < -0.4 is 0 Å². The zero-order valence-corrected chi connectivity index (χ0v) is 13.4. The van der Waals surface area contributed by atoms with Gasteiger partial charge in [-0.3, -0.25) is 0 Å². The van der Waals surface area contributed by atoms with Crippen molar-refractivity contribution in [2.75, 3.05) is 53.2 Å². The Kier molecular flexibility index (Phi) is 6.73. The molecular formula is C13H28N2O3S. The first-order valence-corrected chi connectivity index (χ1v) is 8.80.